The van der Waals surface area contributed by atoms with Crippen LogP contribution in [0.5, 0.6) is 11.5 Å². The van der Waals surface area contributed by atoms with Gasteiger partial charge in [-0.1, -0.05) is 15.9 Å². The minimum atomic E-state index is -3.69. The van der Waals surface area contributed by atoms with Crippen LogP contribution in [0.2, 0.25) is 0 Å². The molecule has 0 aliphatic rings. The van der Waals surface area contributed by atoms with Gasteiger partial charge in [0.1, 0.15) is 11.5 Å². The van der Waals surface area contributed by atoms with Crippen LogP contribution >= 0.6 is 26.6 Å². The van der Waals surface area contributed by atoms with Gasteiger partial charge in [0.2, 0.25) is 0 Å². The van der Waals surface area contributed by atoms with Crippen molar-refractivity contribution in [2.24, 2.45) is 0 Å². The second-order valence-electron chi connectivity index (χ2n) is 3.92. The normalized spacial score (nSPS) is 11.3. The van der Waals surface area contributed by atoms with Gasteiger partial charge in [-0.2, -0.15) is 0 Å². The first kappa shape index (κ1) is 14.4. The Bertz CT molecular complexity index is 696. The molecule has 0 aliphatic heterocycles. The highest BCUT2D eigenvalue weighted by molar-refractivity contribution is 9.10. The van der Waals surface area contributed by atoms with E-state index < -0.39 is 9.05 Å². The van der Waals surface area contributed by atoms with Crippen LogP contribution in [0.1, 0.15) is 5.56 Å². The van der Waals surface area contributed by atoms with Crippen LogP contribution in [0, 0.1) is 6.92 Å². The average Bonchev–Trinajstić information content (AvgIpc) is 2.33. The molecule has 0 aromatic heterocycles. The van der Waals surface area contributed by atoms with Gasteiger partial charge < -0.3 is 4.74 Å². The summed E-state index contributed by atoms with van der Waals surface area (Å²) in [6.07, 6.45) is 0. The first-order valence-electron chi connectivity index (χ1n) is 5.35. The van der Waals surface area contributed by atoms with Gasteiger partial charge in [0, 0.05) is 15.2 Å². The van der Waals surface area contributed by atoms with Crippen molar-refractivity contribution in [1.29, 1.82) is 0 Å². The van der Waals surface area contributed by atoms with Crippen molar-refractivity contribution in [3.63, 3.8) is 0 Å². The molecular formula is C13H10BrClO3S. The number of benzene rings is 2. The third-order valence-electron chi connectivity index (χ3n) is 2.47. The highest BCUT2D eigenvalue weighted by atomic mass is 79.9. The van der Waals surface area contributed by atoms with Crippen molar-refractivity contribution in [1.82, 2.24) is 0 Å². The van der Waals surface area contributed by atoms with E-state index in [-0.39, 0.29) is 4.90 Å². The fourth-order valence-corrected chi connectivity index (χ4v) is 2.50. The van der Waals surface area contributed by atoms with E-state index in [0.29, 0.717) is 11.5 Å². The Morgan fingerprint density at radius 2 is 1.63 bits per heavy atom. The molecule has 0 amide bonds. The molecule has 0 saturated carbocycles. The van der Waals surface area contributed by atoms with Gasteiger partial charge in [-0.3, -0.25) is 0 Å². The molecule has 19 heavy (non-hydrogen) atoms. The highest BCUT2D eigenvalue weighted by Gasteiger charge is 2.09. The summed E-state index contributed by atoms with van der Waals surface area (Å²) >= 11 is 3.41. The molecule has 0 unspecified atom stereocenters. The fourth-order valence-electron chi connectivity index (χ4n) is 1.49. The van der Waals surface area contributed by atoms with E-state index in [1.165, 1.54) is 12.1 Å². The predicted molar refractivity (Wildman–Crippen MR) is 78.4 cm³/mol. The van der Waals surface area contributed by atoms with Gasteiger partial charge in [0.25, 0.3) is 9.05 Å². The molecule has 0 atom stereocenters. The smallest absolute Gasteiger partial charge is 0.261 e. The third kappa shape index (κ3) is 3.72. The quantitative estimate of drug-likeness (QED) is 0.757. The Morgan fingerprint density at radius 3 is 2.16 bits per heavy atom. The standard InChI is InChI=1S/C13H10BrClO3S/c1-9-8-11(4-7-13(9)14)18-10-2-5-12(6-3-10)19(15,16)17/h2-8H,1H3. The third-order valence-corrected chi connectivity index (χ3v) is 4.73. The molecule has 2 aromatic rings. The minimum Gasteiger partial charge on any atom is -0.457 e. The molecule has 0 saturated heterocycles. The van der Waals surface area contributed by atoms with Gasteiger partial charge in [0.05, 0.1) is 4.90 Å². The maximum Gasteiger partial charge on any atom is 0.261 e. The summed E-state index contributed by atoms with van der Waals surface area (Å²) in [7, 11) is 1.54. The van der Waals surface area contributed by atoms with E-state index in [0.717, 1.165) is 10.0 Å². The van der Waals surface area contributed by atoms with Gasteiger partial charge in [-0.05, 0) is 55.0 Å². The van der Waals surface area contributed by atoms with E-state index in [1.807, 2.05) is 25.1 Å². The molecule has 0 radical (unpaired) electrons. The molecule has 0 N–H and O–H groups in total. The maximum absolute atomic E-state index is 11.1. The van der Waals surface area contributed by atoms with E-state index in [1.54, 1.807) is 12.1 Å². The lowest BCUT2D eigenvalue weighted by atomic mass is 10.2. The fraction of sp³-hybridized carbons (Fsp3) is 0.0769. The van der Waals surface area contributed by atoms with Crippen molar-refractivity contribution >= 4 is 35.7 Å². The van der Waals surface area contributed by atoms with Crippen molar-refractivity contribution < 1.29 is 13.2 Å². The molecule has 0 fully saturated rings. The summed E-state index contributed by atoms with van der Waals surface area (Å²) in [4.78, 5) is 0.0495. The highest BCUT2D eigenvalue weighted by Crippen LogP contribution is 2.27. The van der Waals surface area contributed by atoms with Gasteiger partial charge in [-0.25, -0.2) is 8.42 Å². The summed E-state index contributed by atoms with van der Waals surface area (Å²) in [5, 5.41) is 0. The molecule has 0 heterocycles. The van der Waals surface area contributed by atoms with Crippen LogP contribution in [0.15, 0.2) is 51.8 Å². The molecule has 0 aliphatic carbocycles. The summed E-state index contributed by atoms with van der Waals surface area (Å²) in [6, 6.07) is 11.5. The Morgan fingerprint density at radius 1 is 1.05 bits per heavy atom. The first-order valence-corrected chi connectivity index (χ1v) is 8.45. The summed E-state index contributed by atoms with van der Waals surface area (Å²) in [5.74, 6) is 1.23. The van der Waals surface area contributed by atoms with Crippen molar-refractivity contribution in [2.45, 2.75) is 11.8 Å². The monoisotopic (exact) mass is 360 g/mol. The topological polar surface area (TPSA) is 43.4 Å². The lowest BCUT2D eigenvalue weighted by Gasteiger charge is -2.07. The second kappa shape index (κ2) is 5.53. The number of rotatable bonds is 3. The van der Waals surface area contributed by atoms with Crippen molar-refractivity contribution in [3.05, 3.63) is 52.5 Å². The van der Waals surface area contributed by atoms with E-state index in [2.05, 4.69) is 15.9 Å². The Kier molecular flexibility index (Phi) is 4.18. The Balaban J connectivity index is 2.22. The Labute approximate surface area is 124 Å². The van der Waals surface area contributed by atoms with Crippen LogP contribution in [0.4, 0.5) is 0 Å². The summed E-state index contributed by atoms with van der Waals surface area (Å²) < 4.78 is 28.8. The summed E-state index contributed by atoms with van der Waals surface area (Å²) in [5.41, 5.74) is 1.05. The van der Waals surface area contributed by atoms with E-state index in [9.17, 15) is 8.42 Å². The van der Waals surface area contributed by atoms with E-state index >= 15 is 0 Å². The molecule has 100 valence electrons. The molecule has 3 nitrogen and oxygen atoms in total. The predicted octanol–water partition coefficient (Wildman–Crippen LogP) is 4.48. The van der Waals surface area contributed by atoms with Crippen LogP contribution in [0.25, 0.3) is 0 Å². The molecule has 6 heteroatoms. The van der Waals surface area contributed by atoms with Crippen molar-refractivity contribution in [3.8, 4) is 11.5 Å². The average molecular weight is 362 g/mol. The number of halogens is 2. The molecular weight excluding hydrogens is 352 g/mol. The number of hydrogen-bond donors (Lipinski definition) is 0. The lowest BCUT2D eigenvalue weighted by molar-refractivity contribution is 0.481. The molecule has 2 aromatic carbocycles. The van der Waals surface area contributed by atoms with E-state index in [4.69, 9.17) is 15.4 Å². The largest absolute Gasteiger partial charge is 0.457 e. The molecule has 0 spiro atoms. The summed E-state index contributed by atoms with van der Waals surface area (Å²) in [6.45, 7) is 1.96. The van der Waals surface area contributed by atoms with Gasteiger partial charge >= 0.3 is 0 Å². The Hall–Kier alpha value is -1.04. The minimum absolute atomic E-state index is 0.0495. The van der Waals surface area contributed by atoms with Crippen LogP contribution in [-0.2, 0) is 9.05 Å². The zero-order chi connectivity index (χ0) is 14.0. The number of ether oxygens (including phenoxy) is 1. The van der Waals surface area contributed by atoms with Gasteiger partial charge in [-0.15, -0.1) is 0 Å². The van der Waals surface area contributed by atoms with Gasteiger partial charge in [0.15, 0.2) is 0 Å². The molecule has 2 rings (SSSR count). The molecule has 0 bridgehead atoms. The zero-order valence-corrected chi connectivity index (χ0v) is 13.1. The first-order chi connectivity index (χ1) is 8.86. The van der Waals surface area contributed by atoms with Crippen molar-refractivity contribution in [2.75, 3.05) is 0 Å². The SMILES string of the molecule is Cc1cc(Oc2ccc(S(=O)(=O)Cl)cc2)ccc1Br. The maximum atomic E-state index is 11.1. The zero-order valence-electron chi connectivity index (χ0n) is 9.93. The second-order valence-corrected chi connectivity index (χ2v) is 7.34. The van der Waals surface area contributed by atoms with Crippen LogP contribution < -0.4 is 4.74 Å². The number of aryl methyl sites for hydroxylation is 1. The van der Waals surface area contributed by atoms with Crippen LogP contribution in [-0.4, -0.2) is 8.42 Å². The lowest BCUT2D eigenvalue weighted by Crippen LogP contribution is -1.91. The number of hydrogen-bond acceptors (Lipinski definition) is 3. The van der Waals surface area contributed by atoms with Crippen LogP contribution in [0.3, 0.4) is 0 Å².